The number of benzene rings is 1. The van der Waals surface area contributed by atoms with Crippen molar-refractivity contribution in [2.75, 3.05) is 19.3 Å². The Hall–Kier alpha value is -1.81. The number of rotatable bonds is 3. The predicted molar refractivity (Wildman–Crippen MR) is 84.9 cm³/mol. The van der Waals surface area contributed by atoms with E-state index in [4.69, 9.17) is 4.42 Å². The molecular weight excluding hydrogens is 361 g/mol. The summed E-state index contributed by atoms with van der Waals surface area (Å²) in [7, 11) is -2.29. The van der Waals surface area contributed by atoms with Crippen LogP contribution in [0, 0.1) is 5.92 Å². The third-order valence-electron chi connectivity index (χ3n) is 4.57. The van der Waals surface area contributed by atoms with Gasteiger partial charge in [0.1, 0.15) is 0 Å². The minimum atomic E-state index is -4.57. The first kappa shape index (κ1) is 18.0. The fourth-order valence-electron chi connectivity index (χ4n) is 3.26. The minimum Gasteiger partial charge on any atom is -0.408 e. The fraction of sp³-hybridized carbons (Fsp3) is 0.533. The highest BCUT2D eigenvalue weighted by Crippen LogP contribution is 2.37. The van der Waals surface area contributed by atoms with Gasteiger partial charge in [0.05, 0.1) is 16.7 Å². The lowest BCUT2D eigenvalue weighted by Gasteiger charge is -2.19. The summed E-state index contributed by atoms with van der Waals surface area (Å²) in [4.78, 5) is 13.0. The van der Waals surface area contributed by atoms with E-state index in [2.05, 4.69) is 0 Å². The van der Waals surface area contributed by atoms with E-state index >= 15 is 0 Å². The first-order chi connectivity index (χ1) is 11.5. The molecule has 10 heteroatoms. The molecule has 0 spiro atoms. The van der Waals surface area contributed by atoms with Crippen molar-refractivity contribution in [1.82, 2.24) is 9.47 Å². The molecule has 0 bridgehead atoms. The molecule has 0 radical (unpaired) electrons. The number of halogens is 3. The molecule has 0 amide bonds. The standard InChI is InChI=1S/C15H17F3N2O4S/c1-19-11-5-9(3-4-12(11)24-14(19)21)6-20-7-10(15(16,17)18)13(8-20)25(2,22)23/h3-5,10,13H,6-8H2,1-2H3/t10-,13-/m0/s1. The van der Waals surface area contributed by atoms with E-state index in [1.54, 1.807) is 18.2 Å². The topological polar surface area (TPSA) is 72.5 Å². The van der Waals surface area contributed by atoms with E-state index in [1.807, 2.05) is 0 Å². The van der Waals surface area contributed by atoms with E-state index in [9.17, 15) is 26.4 Å². The van der Waals surface area contributed by atoms with Crippen LogP contribution in [0.5, 0.6) is 0 Å². The van der Waals surface area contributed by atoms with Crippen LogP contribution in [0.1, 0.15) is 5.56 Å². The lowest BCUT2D eigenvalue weighted by molar-refractivity contribution is -0.169. The molecule has 1 aliphatic rings. The third-order valence-corrected chi connectivity index (χ3v) is 6.15. The van der Waals surface area contributed by atoms with Gasteiger partial charge < -0.3 is 4.42 Å². The van der Waals surface area contributed by atoms with Crippen molar-refractivity contribution in [3.8, 4) is 0 Å². The molecule has 0 N–H and O–H groups in total. The highest BCUT2D eigenvalue weighted by Gasteiger charge is 2.53. The van der Waals surface area contributed by atoms with E-state index < -0.39 is 32.9 Å². The van der Waals surface area contributed by atoms with Crippen molar-refractivity contribution in [2.45, 2.75) is 18.0 Å². The lowest BCUT2D eigenvalue weighted by Crippen LogP contribution is -2.37. The maximum Gasteiger partial charge on any atom is 0.419 e. The second kappa shape index (κ2) is 5.87. The predicted octanol–water partition coefficient (Wildman–Crippen LogP) is 1.54. The summed E-state index contributed by atoms with van der Waals surface area (Å²) in [6.45, 7) is -0.386. The molecule has 1 aromatic carbocycles. The zero-order chi connectivity index (χ0) is 18.6. The molecule has 2 atom stereocenters. The molecule has 2 aromatic rings. The van der Waals surface area contributed by atoms with Gasteiger partial charge in [0.2, 0.25) is 0 Å². The normalized spacial score (nSPS) is 22.8. The van der Waals surface area contributed by atoms with Crippen molar-refractivity contribution in [2.24, 2.45) is 13.0 Å². The molecule has 1 aromatic heterocycles. The number of aromatic nitrogens is 1. The Morgan fingerprint density at radius 2 is 1.96 bits per heavy atom. The summed E-state index contributed by atoms with van der Waals surface area (Å²) < 4.78 is 69.3. The van der Waals surface area contributed by atoms with E-state index in [0.29, 0.717) is 16.7 Å². The minimum absolute atomic E-state index is 0.161. The Balaban J connectivity index is 1.86. The van der Waals surface area contributed by atoms with Gasteiger partial charge in [0.25, 0.3) is 0 Å². The summed E-state index contributed by atoms with van der Waals surface area (Å²) in [6.07, 6.45) is -3.73. The number of hydrogen-bond acceptors (Lipinski definition) is 5. The second-order valence-corrected chi connectivity index (χ2v) is 8.70. The summed E-state index contributed by atoms with van der Waals surface area (Å²) >= 11 is 0. The van der Waals surface area contributed by atoms with Gasteiger partial charge in [-0.1, -0.05) is 6.07 Å². The average molecular weight is 378 g/mol. The van der Waals surface area contributed by atoms with Gasteiger partial charge in [-0.05, 0) is 17.7 Å². The van der Waals surface area contributed by atoms with Crippen molar-refractivity contribution < 1.29 is 26.0 Å². The van der Waals surface area contributed by atoms with Gasteiger partial charge >= 0.3 is 11.9 Å². The molecule has 3 rings (SSSR count). The van der Waals surface area contributed by atoms with Gasteiger partial charge in [-0.15, -0.1) is 0 Å². The number of hydrogen-bond donors (Lipinski definition) is 0. The Bertz CT molecular complexity index is 961. The Morgan fingerprint density at radius 3 is 2.52 bits per heavy atom. The summed E-state index contributed by atoms with van der Waals surface area (Å²) in [5, 5.41) is -1.46. The van der Waals surface area contributed by atoms with Gasteiger partial charge in [-0.3, -0.25) is 9.47 Å². The van der Waals surface area contributed by atoms with Crippen LogP contribution in [-0.4, -0.2) is 48.7 Å². The highest BCUT2D eigenvalue weighted by atomic mass is 32.2. The van der Waals surface area contributed by atoms with Crippen molar-refractivity contribution in [3.63, 3.8) is 0 Å². The third kappa shape index (κ3) is 3.45. The first-order valence-corrected chi connectivity index (χ1v) is 9.48. The number of sulfone groups is 1. The molecule has 25 heavy (non-hydrogen) atoms. The number of aryl methyl sites for hydroxylation is 1. The van der Waals surface area contributed by atoms with Crippen LogP contribution in [0.3, 0.4) is 0 Å². The Morgan fingerprint density at radius 1 is 1.28 bits per heavy atom. The van der Waals surface area contributed by atoms with Gasteiger partial charge in [-0.2, -0.15) is 13.2 Å². The van der Waals surface area contributed by atoms with E-state index in [1.165, 1.54) is 16.5 Å². The zero-order valence-electron chi connectivity index (χ0n) is 13.6. The van der Waals surface area contributed by atoms with Crippen molar-refractivity contribution in [3.05, 3.63) is 34.3 Å². The molecular formula is C15H17F3N2O4S. The van der Waals surface area contributed by atoms with Gasteiger partial charge in [0.15, 0.2) is 15.4 Å². The fourth-order valence-corrected chi connectivity index (χ4v) is 4.58. The number of nitrogens with zero attached hydrogens (tertiary/aromatic N) is 2. The monoisotopic (exact) mass is 378 g/mol. The van der Waals surface area contributed by atoms with Crippen LogP contribution in [0.25, 0.3) is 11.1 Å². The highest BCUT2D eigenvalue weighted by molar-refractivity contribution is 7.91. The number of fused-ring (bicyclic) bond motifs is 1. The van der Waals surface area contributed by atoms with Crippen LogP contribution in [0.4, 0.5) is 13.2 Å². The maximum atomic E-state index is 13.2. The van der Waals surface area contributed by atoms with E-state index in [0.717, 1.165) is 6.26 Å². The van der Waals surface area contributed by atoms with Crippen LogP contribution in [-0.2, 0) is 23.4 Å². The first-order valence-electron chi connectivity index (χ1n) is 7.53. The Kier molecular flexibility index (Phi) is 4.23. The van der Waals surface area contributed by atoms with Gasteiger partial charge in [0, 0.05) is 32.9 Å². The lowest BCUT2D eigenvalue weighted by atomic mass is 10.1. The maximum absolute atomic E-state index is 13.2. The molecule has 1 saturated heterocycles. The molecule has 1 fully saturated rings. The summed E-state index contributed by atoms with van der Waals surface area (Å²) in [6, 6.07) is 4.90. The molecule has 6 nitrogen and oxygen atoms in total. The number of oxazole rings is 1. The largest absolute Gasteiger partial charge is 0.419 e. The van der Waals surface area contributed by atoms with Crippen LogP contribution < -0.4 is 5.76 Å². The SMILES string of the molecule is Cn1c(=O)oc2ccc(CN3C[C@H](C(F)(F)F)[C@@H](S(C)(=O)=O)C3)cc21. The van der Waals surface area contributed by atoms with Crippen molar-refractivity contribution >= 4 is 20.9 Å². The molecule has 0 saturated carbocycles. The molecule has 0 unspecified atom stereocenters. The second-order valence-electron chi connectivity index (χ2n) is 6.44. The summed E-state index contributed by atoms with van der Waals surface area (Å²) in [5.41, 5.74) is 1.60. The molecule has 0 aliphatic carbocycles. The van der Waals surface area contributed by atoms with Crippen LogP contribution in [0.2, 0.25) is 0 Å². The Labute approximate surface area is 141 Å². The summed E-state index contributed by atoms with van der Waals surface area (Å²) in [5.74, 6) is -2.42. The zero-order valence-corrected chi connectivity index (χ0v) is 14.4. The van der Waals surface area contributed by atoms with Crippen LogP contribution >= 0.6 is 0 Å². The smallest absolute Gasteiger partial charge is 0.408 e. The quantitative estimate of drug-likeness (QED) is 0.810. The molecule has 138 valence electrons. The molecule has 2 heterocycles. The number of likely N-dealkylation sites (tertiary alicyclic amines) is 1. The number of alkyl halides is 3. The van der Waals surface area contributed by atoms with Crippen molar-refractivity contribution in [1.29, 1.82) is 0 Å². The van der Waals surface area contributed by atoms with E-state index in [-0.39, 0.29) is 19.6 Å². The molecule has 1 aliphatic heterocycles. The van der Waals surface area contributed by atoms with Crippen LogP contribution in [0.15, 0.2) is 27.4 Å². The average Bonchev–Trinajstić information content (AvgIpc) is 3.02. The van der Waals surface area contributed by atoms with Gasteiger partial charge in [-0.25, -0.2) is 13.2 Å².